The Morgan fingerprint density at radius 1 is 1.25 bits per heavy atom. The van der Waals surface area contributed by atoms with Gasteiger partial charge in [-0.25, -0.2) is 0 Å². The number of hydrogen-bond acceptors (Lipinski definition) is 3. The van der Waals surface area contributed by atoms with Gasteiger partial charge in [0.1, 0.15) is 0 Å². The average molecular weight is 337 g/mol. The van der Waals surface area contributed by atoms with Crippen molar-refractivity contribution in [2.75, 3.05) is 19.6 Å². The van der Waals surface area contributed by atoms with Gasteiger partial charge in [0.2, 0.25) is 5.91 Å². The highest BCUT2D eigenvalue weighted by molar-refractivity contribution is 8.00. The van der Waals surface area contributed by atoms with Crippen LogP contribution in [0.1, 0.15) is 20.3 Å². The Morgan fingerprint density at radius 3 is 2.50 bits per heavy atom. The molecule has 1 atom stereocenters. The van der Waals surface area contributed by atoms with E-state index in [0.29, 0.717) is 11.6 Å². The van der Waals surface area contributed by atoms with Crippen LogP contribution >= 0.6 is 35.8 Å². The van der Waals surface area contributed by atoms with Crippen molar-refractivity contribution in [2.24, 2.45) is 0 Å². The maximum Gasteiger partial charge on any atom is 0.233 e. The minimum absolute atomic E-state index is 0. The van der Waals surface area contributed by atoms with Crippen molar-refractivity contribution in [3.63, 3.8) is 0 Å². The maximum absolute atomic E-state index is 11.9. The minimum atomic E-state index is -0.104. The second-order valence-corrected chi connectivity index (χ2v) is 6.11. The third kappa shape index (κ3) is 8.00. The molecule has 20 heavy (non-hydrogen) atoms. The molecule has 1 aromatic rings. The molecule has 3 nitrogen and oxygen atoms in total. The van der Waals surface area contributed by atoms with E-state index < -0.39 is 0 Å². The van der Waals surface area contributed by atoms with E-state index in [0.717, 1.165) is 24.4 Å². The highest BCUT2D eigenvalue weighted by Crippen LogP contribution is 2.24. The van der Waals surface area contributed by atoms with E-state index in [1.54, 1.807) is 0 Å². The minimum Gasteiger partial charge on any atom is -0.354 e. The molecular formula is C14H22Cl2N2OS. The van der Waals surface area contributed by atoms with Crippen LogP contribution in [0.5, 0.6) is 0 Å². The van der Waals surface area contributed by atoms with Gasteiger partial charge in [0.15, 0.2) is 0 Å². The molecule has 0 heterocycles. The number of thioether (sulfide) groups is 1. The van der Waals surface area contributed by atoms with Crippen molar-refractivity contribution in [1.82, 2.24) is 10.6 Å². The zero-order chi connectivity index (χ0) is 14.1. The molecule has 0 aliphatic carbocycles. The molecule has 0 aliphatic heterocycles. The lowest BCUT2D eigenvalue weighted by Gasteiger charge is -2.12. The van der Waals surface area contributed by atoms with Gasteiger partial charge in [0.25, 0.3) is 0 Å². The first-order chi connectivity index (χ1) is 9.13. The predicted octanol–water partition coefficient (Wildman–Crippen LogP) is 3.36. The van der Waals surface area contributed by atoms with Crippen LogP contribution in [0.25, 0.3) is 0 Å². The number of carbonyl (C=O) groups is 1. The number of rotatable bonds is 8. The van der Waals surface area contributed by atoms with Gasteiger partial charge >= 0.3 is 0 Å². The monoisotopic (exact) mass is 336 g/mol. The fraction of sp³-hybridized carbons (Fsp3) is 0.500. The molecule has 0 saturated carbocycles. The fourth-order valence-electron chi connectivity index (χ4n) is 1.49. The van der Waals surface area contributed by atoms with Gasteiger partial charge in [-0.15, -0.1) is 24.2 Å². The molecule has 6 heteroatoms. The van der Waals surface area contributed by atoms with Crippen molar-refractivity contribution >= 4 is 41.7 Å². The third-order valence-electron chi connectivity index (χ3n) is 2.52. The molecule has 1 rings (SSSR count). The zero-order valence-electron chi connectivity index (χ0n) is 11.8. The van der Waals surface area contributed by atoms with Crippen LogP contribution in [0.2, 0.25) is 5.02 Å². The summed E-state index contributed by atoms with van der Waals surface area (Å²) in [4.78, 5) is 12.9. The summed E-state index contributed by atoms with van der Waals surface area (Å²) in [5.41, 5.74) is 0. The smallest absolute Gasteiger partial charge is 0.233 e. The Balaban J connectivity index is 0.00000361. The van der Waals surface area contributed by atoms with Crippen LogP contribution in [0.3, 0.4) is 0 Å². The lowest BCUT2D eigenvalue weighted by molar-refractivity contribution is -0.120. The van der Waals surface area contributed by atoms with E-state index in [2.05, 4.69) is 17.6 Å². The molecule has 0 fully saturated rings. The Kier molecular flexibility index (Phi) is 11.0. The summed E-state index contributed by atoms with van der Waals surface area (Å²) >= 11 is 7.36. The van der Waals surface area contributed by atoms with Crippen LogP contribution in [0, 0.1) is 0 Å². The topological polar surface area (TPSA) is 41.1 Å². The first-order valence-electron chi connectivity index (χ1n) is 6.54. The van der Waals surface area contributed by atoms with Gasteiger partial charge < -0.3 is 10.6 Å². The Morgan fingerprint density at radius 2 is 1.90 bits per heavy atom. The summed E-state index contributed by atoms with van der Waals surface area (Å²) in [7, 11) is 0. The highest BCUT2D eigenvalue weighted by Gasteiger charge is 2.13. The molecule has 2 N–H and O–H groups in total. The lowest BCUT2D eigenvalue weighted by Crippen LogP contribution is -2.36. The predicted molar refractivity (Wildman–Crippen MR) is 90.2 cm³/mol. The number of carbonyl (C=O) groups excluding carboxylic acids is 1. The quantitative estimate of drug-likeness (QED) is 0.565. The van der Waals surface area contributed by atoms with Crippen molar-refractivity contribution in [2.45, 2.75) is 30.4 Å². The van der Waals surface area contributed by atoms with Crippen molar-refractivity contribution < 1.29 is 4.79 Å². The summed E-state index contributed by atoms with van der Waals surface area (Å²) in [6.07, 6.45) is 1.11. The number of hydrogen-bond donors (Lipinski definition) is 2. The van der Waals surface area contributed by atoms with Crippen LogP contribution in [0.15, 0.2) is 29.2 Å². The van der Waals surface area contributed by atoms with Gasteiger partial charge in [-0.1, -0.05) is 18.5 Å². The first kappa shape index (κ1) is 19.6. The van der Waals surface area contributed by atoms with Gasteiger partial charge in [-0.2, -0.15) is 0 Å². The van der Waals surface area contributed by atoms with Gasteiger partial charge in [-0.3, -0.25) is 4.79 Å². The molecule has 0 radical (unpaired) electrons. The zero-order valence-corrected chi connectivity index (χ0v) is 14.2. The van der Waals surface area contributed by atoms with Crippen LogP contribution < -0.4 is 10.6 Å². The third-order valence-corrected chi connectivity index (χ3v) is 3.89. The van der Waals surface area contributed by atoms with Crippen LogP contribution in [-0.2, 0) is 4.79 Å². The number of halogens is 2. The summed E-state index contributed by atoms with van der Waals surface area (Å²) in [5.74, 6) is 0.0678. The molecule has 0 bridgehead atoms. The normalized spacial score (nSPS) is 11.6. The lowest BCUT2D eigenvalue weighted by atomic mass is 10.4. The van der Waals surface area contributed by atoms with E-state index in [9.17, 15) is 4.79 Å². The van der Waals surface area contributed by atoms with Gasteiger partial charge in [-0.05, 0) is 44.2 Å². The molecule has 0 aliphatic rings. The van der Waals surface area contributed by atoms with E-state index in [1.807, 2.05) is 31.2 Å². The largest absolute Gasteiger partial charge is 0.354 e. The van der Waals surface area contributed by atoms with Gasteiger partial charge in [0.05, 0.1) is 5.25 Å². The fourth-order valence-corrected chi connectivity index (χ4v) is 2.51. The number of amides is 1. The molecule has 1 unspecified atom stereocenters. The van der Waals surface area contributed by atoms with E-state index >= 15 is 0 Å². The second kappa shape index (κ2) is 11.3. The maximum atomic E-state index is 11.9. The summed E-state index contributed by atoms with van der Waals surface area (Å²) in [6, 6.07) is 7.53. The second-order valence-electron chi connectivity index (χ2n) is 4.26. The van der Waals surface area contributed by atoms with E-state index in [4.69, 9.17) is 11.6 Å². The summed E-state index contributed by atoms with van der Waals surface area (Å²) < 4.78 is 0. The Hall–Kier alpha value is -0.420. The molecule has 1 aromatic carbocycles. The molecule has 0 aromatic heterocycles. The van der Waals surface area contributed by atoms with Crippen molar-refractivity contribution in [3.8, 4) is 0 Å². The van der Waals surface area contributed by atoms with E-state index in [-0.39, 0.29) is 23.6 Å². The first-order valence-corrected chi connectivity index (χ1v) is 7.80. The molecule has 114 valence electrons. The Bertz CT molecular complexity index is 387. The molecule has 1 amide bonds. The van der Waals surface area contributed by atoms with Crippen molar-refractivity contribution in [3.05, 3.63) is 29.3 Å². The molecular weight excluding hydrogens is 315 g/mol. The standard InChI is InChI=1S/C14H21ClN2OS.ClH/c1-3-8-16-9-10-17-14(18)11(2)19-13-6-4-12(15)5-7-13;/h4-7,11,16H,3,8-10H2,1-2H3,(H,17,18);1H. The van der Waals surface area contributed by atoms with E-state index in [1.165, 1.54) is 11.8 Å². The number of benzene rings is 1. The average Bonchev–Trinajstić information content (AvgIpc) is 2.41. The van der Waals surface area contributed by atoms with Crippen LogP contribution in [-0.4, -0.2) is 30.8 Å². The summed E-state index contributed by atoms with van der Waals surface area (Å²) in [6.45, 7) is 6.51. The molecule has 0 saturated heterocycles. The van der Waals surface area contributed by atoms with Gasteiger partial charge in [0, 0.05) is 23.0 Å². The Labute approximate surface area is 136 Å². The SMILES string of the molecule is CCCNCCNC(=O)C(C)Sc1ccc(Cl)cc1.Cl. The highest BCUT2D eigenvalue weighted by atomic mass is 35.5. The van der Waals surface area contributed by atoms with Crippen LogP contribution in [0.4, 0.5) is 0 Å². The molecule has 0 spiro atoms. The van der Waals surface area contributed by atoms with Crippen molar-refractivity contribution in [1.29, 1.82) is 0 Å². The summed E-state index contributed by atoms with van der Waals surface area (Å²) in [5, 5.41) is 6.78. The number of nitrogens with one attached hydrogen (secondary N) is 2.